The lowest BCUT2D eigenvalue weighted by Gasteiger charge is -2.35. The number of thioether (sulfide) groups is 2. The van der Waals surface area contributed by atoms with E-state index in [4.69, 9.17) is 10.2 Å². The number of rotatable bonds is 6. The summed E-state index contributed by atoms with van der Waals surface area (Å²) in [4.78, 5) is 21.2. The number of carboxylic acids is 2. The van der Waals surface area contributed by atoms with Crippen LogP contribution in [0.3, 0.4) is 0 Å². The number of hydrogen-bond donors (Lipinski definition) is 2. The molecule has 0 bridgehead atoms. The molecular weight excluding hydrogens is 248 g/mol. The summed E-state index contributed by atoms with van der Waals surface area (Å²) in [6.07, 6.45) is 1.42. The first kappa shape index (κ1) is 13.7. The summed E-state index contributed by atoms with van der Waals surface area (Å²) in [6.45, 7) is 0. The zero-order chi connectivity index (χ0) is 12.0. The second-order valence-corrected chi connectivity index (χ2v) is 6.54. The summed E-state index contributed by atoms with van der Waals surface area (Å²) in [7, 11) is 0. The Kier molecular flexibility index (Phi) is 5.48. The van der Waals surface area contributed by atoms with Crippen molar-refractivity contribution in [1.29, 1.82) is 0 Å². The molecule has 0 unspecified atom stereocenters. The van der Waals surface area contributed by atoms with E-state index in [1.54, 1.807) is 23.5 Å². The summed E-state index contributed by atoms with van der Waals surface area (Å²) >= 11 is 3.55. The van der Waals surface area contributed by atoms with Gasteiger partial charge in [0, 0.05) is 34.8 Å². The van der Waals surface area contributed by atoms with Crippen LogP contribution in [-0.2, 0) is 9.59 Å². The van der Waals surface area contributed by atoms with Crippen LogP contribution >= 0.6 is 23.5 Å². The van der Waals surface area contributed by atoms with Gasteiger partial charge in [-0.05, 0) is 12.8 Å². The third-order valence-electron chi connectivity index (χ3n) is 2.59. The van der Waals surface area contributed by atoms with Crippen molar-refractivity contribution in [3.8, 4) is 0 Å². The standard InChI is InChI=1S/C10H16O4S2/c11-8(12)1-3-10(4-2-9(13)14)7-15-5-6-16-10/h1-7H2,(H,11,12)(H,13,14). The van der Waals surface area contributed by atoms with Gasteiger partial charge < -0.3 is 10.2 Å². The molecular formula is C10H16O4S2. The Morgan fingerprint density at radius 1 is 1.06 bits per heavy atom. The first-order valence-corrected chi connectivity index (χ1v) is 7.33. The summed E-state index contributed by atoms with van der Waals surface area (Å²) in [5.74, 6) is 1.34. The minimum Gasteiger partial charge on any atom is -0.481 e. The van der Waals surface area contributed by atoms with Crippen molar-refractivity contribution in [2.24, 2.45) is 0 Å². The lowest BCUT2D eigenvalue weighted by Crippen LogP contribution is -2.33. The van der Waals surface area contributed by atoms with Crippen molar-refractivity contribution in [3.05, 3.63) is 0 Å². The summed E-state index contributed by atoms with van der Waals surface area (Å²) in [5, 5.41) is 17.4. The predicted molar refractivity (Wildman–Crippen MR) is 66.3 cm³/mol. The minimum absolute atomic E-state index is 0.132. The highest BCUT2D eigenvalue weighted by Gasteiger charge is 2.33. The van der Waals surface area contributed by atoms with Gasteiger partial charge in [-0.2, -0.15) is 23.5 Å². The fraction of sp³-hybridized carbons (Fsp3) is 0.800. The first-order chi connectivity index (χ1) is 7.54. The maximum absolute atomic E-state index is 10.6. The average molecular weight is 264 g/mol. The number of aliphatic carboxylic acids is 2. The van der Waals surface area contributed by atoms with Gasteiger partial charge in [-0.3, -0.25) is 9.59 Å². The van der Waals surface area contributed by atoms with E-state index in [1.807, 2.05) is 0 Å². The van der Waals surface area contributed by atoms with Gasteiger partial charge in [0.2, 0.25) is 0 Å². The maximum Gasteiger partial charge on any atom is 0.303 e. The third-order valence-corrected chi connectivity index (χ3v) is 5.85. The molecule has 0 aromatic rings. The maximum atomic E-state index is 10.6. The van der Waals surface area contributed by atoms with E-state index < -0.39 is 11.9 Å². The Morgan fingerprint density at radius 2 is 1.62 bits per heavy atom. The molecule has 0 radical (unpaired) electrons. The van der Waals surface area contributed by atoms with Crippen LogP contribution in [0.1, 0.15) is 25.7 Å². The molecule has 0 aromatic carbocycles. The highest BCUT2D eigenvalue weighted by atomic mass is 32.2. The fourth-order valence-corrected chi connectivity index (χ4v) is 4.82. The molecule has 16 heavy (non-hydrogen) atoms. The first-order valence-electron chi connectivity index (χ1n) is 5.19. The van der Waals surface area contributed by atoms with E-state index in [-0.39, 0.29) is 17.6 Å². The van der Waals surface area contributed by atoms with Crippen molar-refractivity contribution in [1.82, 2.24) is 0 Å². The van der Waals surface area contributed by atoms with E-state index in [0.29, 0.717) is 12.8 Å². The van der Waals surface area contributed by atoms with Crippen LogP contribution in [0.4, 0.5) is 0 Å². The molecule has 6 heteroatoms. The second-order valence-electron chi connectivity index (χ2n) is 3.87. The summed E-state index contributed by atoms with van der Waals surface area (Å²) in [5.41, 5.74) is 0. The number of hydrogen-bond acceptors (Lipinski definition) is 4. The van der Waals surface area contributed by atoms with E-state index in [9.17, 15) is 9.59 Å². The van der Waals surface area contributed by atoms with Gasteiger partial charge in [0.15, 0.2) is 0 Å². The SMILES string of the molecule is O=C(O)CCC1(CCC(=O)O)CSCCS1. The van der Waals surface area contributed by atoms with Crippen molar-refractivity contribution in [2.45, 2.75) is 30.4 Å². The van der Waals surface area contributed by atoms with E-state index in [2.05, 4.69) is 0 Å². The highest BCUT2D eigenvalue weighted by molar-refractivity contribution is 8.07. The predicted octanol–water partition coefficient (Wildman–Crippen LogP) is 1.93. The smallest absolute Gasteiger partial charge is 0.303 e. The molecule has 0 saturated carbocycles. The largest absolute Gasteiger partial charge is 0.481 e. The van der Waals surface area contributed by atoms with Crippen LogP contribution in [0.25, 0.3) is 0 Å². The lowest BCUT2D eigenvalue weighted by molar-refractivity contribution is -0.137. The van der Waals surface area contributed by atoms with Crippen LogP contribution in [0.2, 0.25) is 0 Å². The molecule has 1 fully saturated rings. The molecule has 1 aliphatic rings. The van der Waals surface area contributed by atoms with Gasteiger partial charge >= 0.3 is 11.9 Å². The quantitative estimate of drug-likeness (QED) is 0.763. The average Bonchev–Trinajstić information content (AvgIpc) is 2.25. The Morgan fingerprint density at radius 3 is 2.00 bits per heavy atom. The molecule has 1 rings (SSSR count). The Hall–Kier alpha value is -0.360. The molecule has 1 heterocycles. The fourth-order valence-electron chi connectivity index (χ4n) is 1.70. The van der Waals surface area contributed by atoms with Crippen molar-refractivity contribution < 1.29 is 19.8 Å². The molecule has 0 aliphatic carbocycles. The van der Waals surface area contributed by atoms with Gasteiger partial charge in [-0.1, -0.05) is 0 Å². The van der Waals surface area contributed by atoms with Crippen molar-refractivity contribution >= 4 is 35.5 Å². The molecule has 1 saturated heterocycles. The van der Waals surface area contributed by atoms with Crippen LogP contribution in [-0.4, -0.2) is 44.2 Å². The van der Waals surface area contributed by atoms with Crippen molar-refractivity contribution in [3.63, 3.8) is 0 Å². The zero-order valence-corrected chi connectivity index (χ0v) is 10.6. The molecule has 92 valence electrons. The van der Waals surface area contributed by atoms with Gasteiger partial charge in [-0.15, -0.1) is 0 Å². The number of carbonyl (C=O) groups is 2. The third kappa shape index (κ3) is 4.65. The van der Waals surface area contributed by atoms with Crippen LogP contribution in [0, 0.1) is 0 Å². The molecule has 4 nitrogen and oxygen atoms in total. The monoisotopic (exact) mass is 264 g/mol. The highest BCUT2D eigenvalue weighted by Crippen LogP contribution is 2.41. The molecule has 0 amide bonds. The van der Waals surface area contributed by atoms with Crippen LogP contribution in [0.5, 0.6) is 0 Å². The zero-order valence-electron chi connectivity index (χ0n) is 8.98. The van der Waals surface area contributed by atoms with Gasteiger partial charge in [-0.25, -0.2) is 0 Å². The summed E-state index contributed by atoms with van der Waals surface area (Å²) in [6, 6.07) is 0. The number of carboxylic acid groups (broad SMARTS) is 2. The van der Waals surface area contributed by atoms with Crippen LogP contribution < -0.4 is 0 Å². The van der Waals surface area contributed by atoms with Gasteiger partial charge in [0.05, 0.1) is 0 Å². The second kappa shape index (κ2) is 6.39. The lowest BCUT2D eigenvalue weighted by atomic mass is 9.98. The van der Waals surface area contributed by atoms with Crippen molar-refractivity contribution in [2.75, 3.05) is 17.3 Å². The van der Waals surface area contributed by atoms with Gasteiger partial charge in [0.1, 0.15) is 0 Å². The van der Waals surface area contributed by atoms with E-state index in [1.165, 1.54) is 0 Å². The Labute approximate surface area is 103 Å². The molecule has 0 atom stereocenters. The van der Waals surface area contributed by atoms with E-state index >= 15 is 0 Å². The molecule has 2 N–H and O–H groups in total. The Bertz CT molecular complexity index is 242. The molecule has 0 spiro atoms. The topological polar surface area (TPSA) is 74.6 Å². The molecule has 0 aromatic heterocycles. The summed E-state index contributed by atoms with van der Waals surface area (Å²) < 4.78 is -0.139. The molecule has 1 aliphatic heterocycles. The normalized spacial score (nSPS) is 19.2. The van der Waals surface area contributed by atoms with Crippen LogP contribution in [0.15, 0.2) is 0 Å². The van der Waals surface area contributed by atoms with Gasteiger partial charge in [0.25, 0.3) is 0 Å². The minimum atomic E-state index is -0.800. The Balaban J connectivity index is 2.52. The van der Waals surface area contributed by atoms with E-state index in [0.717, 1.165) is 17.3 Å².